The van der Waals surface area contributed by atoms with Crippen molar-refractivity contribution in [1.82, 2.24) is 24.3 Å². The maximum Gasteiger partial charge on any atom is 0.407 e. The lowest BCUT2D eigenvalue weighted by molar-refractivity contribution is 0.0980. The van der Waals surface area contributed by atoms with Crippen LogP contribution < -0.4 is 10.2 Å². The minimum Gasteiger partial charge on any atom is -0.465 e. The number of imidazole rings is 1. The summed E-state index contributed by atoms with van der Waals surface area (Å²) in [5, 5.41) is 12.3. The van der Waals surface area contributed by atoms with Gasteiger partial charge in [-0.3, -0.25) is 14.7 Å². The number of hydrogen-bond acceptors (Lipinski definition) is 6. The van der Waals surface area contributed by atoms with Crippen LogP contribution in [0.1, 0.15) is 35.6 Å². The summed E-state index contributed by atoms with van der Waals surface area (Å²) in [6, 6.07) is 4.27. The molecule has 0 saturated carbocycles. The number of carbonyl (C=O) groups is 2. The molecular weight excluding hydrogens is 465 g/mol. The lowest BCUT2D eigenvalue weighted by Gasteiger charge is -2.44. The van der Waals surface area contributed by atoms with Gasteiger partial charge in [0.1, 0.15) is 11.0 Å². The van der Waals surface area contributed by atoms with Gasteiger partial charge in [0.25, 0.3) is 5.91 Å². The highest BCUT2D eigenvalue weighted by atomic mass is 19.1. The normalized spacial score (nSPS) is 18.1. The van der Waals surface area contributed by atoms with Crippen molar-refractivity contribution in [3.63, 3.8) is 0 Å². The summed E-state index contributed by atoms with van der Waals surface area (Å²) in [5.74, 6) is -0.986. The molecule has 0 bridgehead atoms. The lowest BCUT2D eigenvalue weighted by atomic mass is 10.1. The van der Waals surface area contributed by atoms with Crippen LogP contribution in [0.2, 0.25) is 0 Å². The van der Waals surface area contributed by atoms with Crippen molar-refractivity contribution in [3.05, 3.63) is 59.6 Å². The molecule has 1 aromatic carbocycles. The third kappa shape index (κ3) is 4.06. The largest absolute Gasteiger partial charge is 0.465 e. The highest BCUT2D eigenvalue weighted by Crippen LogP contribution is 2.31. The molecule has 1 saturated heterocycles. The molecule has 0 aliphatic carbocycles. The third-order valence-electron chi connectivity index (χ3n) is 6.41. The summed E-state index contributed by atoms with van der Waals surface area (Å²) in [5.41, 5.74) is 3.83. The minimum absolute atomic E-state index is 0.188. The van der Waals surface area contributed by atoms with Crippen LogP contribution >= 0.6 is 0 Å². The number of aromatic nitrogens is 4. The number of halogens is 1. The molecule has 2 unspecified atom stereocenters. The number of nitrogens with one attached hydrogen (secondary N) is 1. The molecule has 1 aliphatic rings. The zero-order valence-corrected chi connectivity index (χ0v) is 20.4. The van der Waals surface area contributed by atoms with Crippen LogP contribution in [0, 0.1) is 19.7 Å². The Morgan fingerprint density at radius 2 is 1.78 bits per heavy atom. The molecule has 4 heterocycles. The van der Waals surface area contributed by atoms with Gasteiger partial charge in [-0.2, -0.15) is 0 Å². The van der Waals surface area contributed by atoms with Gasteiger partial charge < -0.3 is 19.7 Å². The van der Waals surface area contributed by atoms with Crippen molar-refractivity contribution in [2.45, 2.75) is 39.8 Å². The minimum atomic E-state index is -0.942. The Labute approximate surface area is 206 Å². The number of nitrogens with zero attached hydrogens (tertiary/aromatic N) is 6. The Balaban J connectivity index is 1.50. The molecule has 0 spiro atoms. The molecule has 0 radical (unpaired) electrons. The van der Waals surface area contributed by atoms with Crippen LogP contribution in [-0.2, 0) is 0 Å². The van der Waals surface area contributed by atoms with Crippen LogP contribution in [-0.4, -0.2) is 66.5 Å². The van der Waals surface area contributed by atoms with Gasteiger partial charge in [-0.15, -0.1) is 0 Å². The van der Waals surface area contributed by atoms with Crippen LogP contribution in [0.3, 0.4) is 0 Å². The average Bonchev–Trinajstić information content (AvgIpc) is 3.18. The van der Waals surface area contributed by atoms with Crippen LogP contribution in [0.15, 0.2) is 36.8 Å². The molecule has 186 valence electrons. The van der Waals surface area contributed by atoms with Gasteiger partial charge in [0.05, 0.1) is 40.4 Å². The highest BCUT2D eigenvalue weighted by molar-refractivity contribution is 6.13. The fourth-order valence-corrected chi connectivity index (χ4v) is 4.95. The maximum absolute atomic E-state index is 14.5. The molecule has 2 atom stereocenters. The number of hydrogen-bond donors (Lipinski definition) is 2. The van der Waals surface area contributed by atoms with E-state index in [9.17, 15) is 19.1 Å². The fourth-order valence-electron chi connectivity index (χ4n) is 4.95. The number of anilines is 2. The number of amides is 2. The van der Waals surface area contributed by atoms with E-state index < -0.39 is 17.8 Å². The Morgan fingerprint density at radius 3 is 2.47 bits per heavy atom. The van der Waals surface area contributed by atoms with E-state index in [0.29, 0.717) is 41.1 Å². The van der Waals surface area contributed by atoms with E-state index >= 15 is 0 Å². The third-order valence-corrected chi connectivity index (χ3v) is 6.41. The van der Waals surface area contributed by atoms with Crippen molar-refractivity contribution in [2.24, 2.45) is 0 Å². The number of rotatable bonds is 3. The van der Waals surface area contributed by atoms with E-state index in [4.69, 9.17) is 0 Å². The smallest absolute Gasteiger partial charge is 0.407 e. The second kappa shape index (κ2) is 8.74. The molecule has 11 heteroatoms. The first-order valence-electron chi connectivity index (χ1n) is 11.6. The van der Waals surface area contributed by atoms with Crippen molar-refractivity contribution >= 4 is 40.1 Å². The Hall–Kier alpha value is -4.28. The van der Waals surface area contributed by atoms with Gasteiger partial charge in [0, 0.05) is 37.7 Å². The molecule has 5 rings (SSSR count). The second-order valence-corrected chi connectivity index (χ2v) is 9.28. The van der Waals surface area contributed by atoms with Crippen molar-refractivity contribution < 1.29 is 19.1 Å². The zero-order valence-electron chi connectivity index (χ0n) is 20.4. The molecule has 4 aromatic rings. The van der Waals surface area contributed by atoms with E-state index in [2.05, 4.69) is 25.2 Å². The number of carbonyl (C=O) groups excluding carboxylic acids is 1. The summed E-state index contributed by atoms with van der Waals surface area (Å²) in [4.78, 5) is 41.8. The molecule has 1 aliphatic heterocycles. The predicted molar refractivity (Wildman–Crippen MR) is 133 cm³/mol. The summed E-state index contributed by atoms with van der Waals surface area (Å²) >= 11 is 0. The predicted octanol–water partition coefficient (Wildman–Crippen LogP) is 3.86. The topological polar surface area (TPSA) is 116 Å². The number of aryl methyl sites for hydroxylation is 2. The van der Waals surface area contributed by atoms with E-state index in [1.54, 1.807) is 44.6 Å². The summed E-state index contributed by atoms with van der Waals surface area (Å²) < 4.78 is 16.0. The van der Waals surface area contributed by atoms with E-state index in [-0.39, 0.29) is 23.4 Å². The van der Waals surface area contributed by atoms with Gasteiger partial charge in [0.2, 0.25) is 0 Å². The van der Waals surface area contributed by atoms with E-state index in [1.807, 2.05) is 13.8 Å². The SMILES string of the molecule is Cc1cnc2c(N3CC(C)N(C(=O)O)C(C)C3)ccc(C(=O)Nc3cc(F)c4nc(C)cn4c3)c2n1. The quantitative estimate of drug-likeness (QED) is 0.447. The lowest BCUT2D eigenvalue weighted by Crippen LogP contribution is -2.58. The molecule has 3 aromatic heterocycles. The summed E-state index contributed by atoms with van der Waals surface area (Å²) in [6.45, 7) is 8.26. The van der Waals surface area contributed by atoms with Gasteiger partial charge in [-0.05, 0) is 39.8 Å². The number of pyridine rings is 1. The second-order valence-electron chi connectivity index (χ2n) is 9.28. The van der Waals surface area contributed by atoms with Crippen molar-refractivity contribution in [1.29, 1.82) is 0 Å². The Morgan fingerprint density at radius 1 is 1.06 bits per heavy atom. The molecule has 36 heavy (non-hydrogen) atoms. The fraction of sp³-hybridized carbons (Fsp3) is 0.320. The first-order valence-corrected chi connectivity index (χ1v) is 11.6. The Kier molecular flexibility index (Phi) is 5.70. The van der Waals surface area contributed by atoms with E-state index in [1.165, 1.54) is 15.4 Å². The van der Waals surface area contributed by atoms with E-state index in [0.717, 1.165) is 5.69 Å². The number of benzene rings is 1. The first kappa shape index (κ1) is 23.5. The molecule has 2 amide bonds. The maximum atomic E-state index is 14.5. The molecular formula is C25H26FN7O3. The number of fused-ring (bicyclic) bond motifs is 2. The standard InChI is InChI=1S/C25H26FN7O3/c1-13-8-27-22-20(31-10-15(3)33(25(35)36)16(4)11-31)6-5-18(21(22)28-13)24(34)30-17-7-19(26)23-29-14(2)9-32(23)12-17/h5-9,12,15-16H,10-11H2,1-4H3,(H,30,34)(H,35,36). The van der Waals surface area contributed by atoms with Crippen LogP contribution in [0.25, 0.3) is 16.7 Å². The molecule has 1 fully saturated rings. The van der Waals surface area contributed by atoms with Crippen LogP contribution in [0.5, 0.6) is 0 Å². The highest BCUT2D eigenvalue weighted by Gasteiger charge is 2.34. The zero-order chi connectivity index (χ0) is 25.7. The van der Waals surface area contributed by atoms with Crippen molar-refractivity contribution in [3.8, 4) is 0 Å². The van der Waals surface area contributed by atoms with Gasteiger partial charge >= 0.3 is 6.09 Å². The van der Waals surface area contributed by atoms with Crippen molar-refractivity contribution in [2.75, 3.05) is 23.3 Å². The van der Waals surface area contributed by atoms with Gasteiger partial charge in [-0.1, -0.05) is 0 Å². The first-order chi connectivity index (χ1) is 17.1. The van der Waals surface area contributed by atoms with Crippen LogP contribution in [0.4, 0.5) is 20.6 Å². The Bertz CT molecular complexity index is 1510. The number of piperazine rings is 1. The molecule has 2 N–H and O–H groups in total. The monoisotopic (exact) mass is 491 g/mol. The summed E-state index contributed by atoms with van der Waals surface area (Å²) in [7, 11) is 0. The number of carboxylic acid groups (broad SMARTS) is 1. The summed E-state index contributed by atoms with van der Waals surface area (Å²) in [6.07, 6.45) is 3.98. The van der Waals surface area contributed by atoms with Gasteiger partial charge in [-0.25, -0.2) is 19.2 Å². The molecule has 10 nitrogen and oxygen atoms in total. The average molecular weight is 492 g/mol. The van der Waals surface area contributed by atoms with Gasteiger partial charge in [0.15, 0.2) is 11.5 Å².